The van der Waals surface area contributed by atoms with Crippen LogP contribution in [-0.2, 0) is 14.4 Å². The second kappa shape index (κ2) is 12.0. The third kappa shape index (κ3) is 6.09. The maximum Gasteiger partial charge on any atom is 0.237 e. The lowest BCUT2D eigenvalue weighted by molar-refractivity contribution is -0.131. The van der Waals surface area contributed by atoms with E-state index in [1.165, 1.54) is 0 Å². The number of benzene rings is 2. The Morgan fingerprint density at radius 1 is 1.05 bits per heavy atom. The largest absolute Gasteiger partial charge is 0.341 e. The first-order chi connectivity index (χ1) is 17.8. The molecule has 4 rings (SSSR count). The van der Waals surface area contributed by atoms with Gasteiger partial charge in [0.2, 0.25) is 11.8 Å². The van der Waals surface area contributed by atoms with E-state index >= 15 is 4.39 Å². The van der Waals surface area contributed by atoms with E-state index in [-0.39, 0.29) is 47.8 Å². The average Bonchev–Trinajstić information content (AvgIpc) is 3.58. The number of amides is 2. The molecule has 2 saturated heterocycles. The third-order valence-electron chi connectivity index (χ3n) is 7.69. The summed E-state index contributed by atoms with van der Waals surface area (Å²) >= 11 is 0. The van der Waals surface area contributed by atoms with Crippen LogP contribution in [0.2, 0.25) is 0 Å². The zero-order valence-electron chi connectivity index (χ0n) is 22.1. The van der Waals surface area contributed by atoms with Crippen LogP contribution in [0, 0.1) is 5.82 Å². The Morgan fingerprint density at radius 3 is 2.43 bits per heavy atom. The van der Waals surface area contributed by atoms with Gasteiger partial charge in [0.05, 0.1) is 6.04 Å². The SMILES string of the molecule is CC(=O)N1CCCC1CCC(=O)C(NC(=O)C1CCCN1)c1ccc(C(C)C)c(F)c1-c1ccccc1. The van der Waals surface area contributed by atoms with Gasteiger partial charge in [0, 0.05) is 31.5 Å². The summed E-state index contributed by atoms with van der Waals surface area (Å²) in [6, 6.07) is 11.4. The molecule has 6 nitrogen and oxygen atoms in total. The zero-order chi connectivity index (χ0) is 26.5. The minimum Gasteiger partial charge on any atom is -0.341 e. The van der Waals surface area contributed by atoms with Crippen LogP contribution < -0.4 is 10.6 Å². The zero-order valence-corrected chi connectivity index (χ0v) is 22.1. The Hall–Kier alpha value is -3.06. The van der Waals surface area contributed by atoms with Crippen molar-refractivity contribution in [3.63, 3.8) is 0 Å². The number of rotatable bonds is 9. The van der Waals surface area contributed by atoms with Gasteiger partial charge in [0.1, 0.15) is 11.9 Å². The van der Waals surface area contributed by atoms with Gasteiger partial charge < -0.3 is 15.5 Å². The quantitative estimate of drug-likeness (QED) is 0.507. The molecule has 7 heteroatoms. The van der Waals surface area contributed by atoms with Crippen molar-refractivity contribution >= 4 is 17.6 Å². The monoisotopic (exact) mass is 507 g/mol. The van der Waals surface area contributed by atoms with Gasteiger partial charge in [-0.05, 0) is 61.3 Å². The van der Waals surface area contributed by atoms with E-state index in [1.54, 1.807) is 19.1 Å². The molecule has 2 aliphatic heterocycles. The molecular formula is C30H38FN3O3. The molecule has 37 heavy (non-hydrogen) atoms. The Bertz CT molecular complexity index is 1130. The van der Waals surface area contributed by atoms with Gasteiger partial charge in [-0.25, -0.2) is 4.39 Å². The number of halogens is 1. The van der Waals surface area contributed by atoms with Crippen LogP contribution in [0.4, 0.5) is 4.39 Å². The van der Waals surface area contributed by atoms with Crippen LogP contribution in [0.25, 0.3) is 11.1 Å². The first-order valence-corrected chi connectivity index (χ1v) is 13.5. The fourth-order valence-electron chi connectivity index (χ4n) is 5.68. The van der Waals surface area contributed by atoms with E-state index in [4.69, 9.17) is 0 Å². The van der Waals surface area contributed by atoms with E-state index in [0.717, 1.165) is 25.8 Å². The number of hydrogen-bond acceptors (Lipinski definition) is 4. The predicted molar refractivity (Wildman–Crippen MR) is 142 cm³/mol. The lowest BCUT2D eigenvalue weighted by atomic mass is 9.87. The second-order valence-corrected chi connectivity index (χ2v) is 10.6. The summed E-state index contributed by atoms with van der Waals surface area (Å²) in [5.41, 5.74) is 2.07. The molecule has 2 heterocycles. The van der Waals surface area contributed by atoms with E-state index in [0.29, 0.717) is 41.6 Å². The minimum atomic E-state index is -0.979. The molecular weight excluding hydrogens is 469 g/mol. The van der Waals surface area contributed by atoms with Gasteiger partial charge in [0.15, 0.2) is 5.78 Å². The highest BCUT2D eigenvalue weighted by Gasteiger charge is 2.33. The number of hydrogen-bond donors (Lipinski definition) is 2. The number of carbonyl (C=O) groups excluding carboxylic acids is 3. The van der Waals surface area contributed by atoms with E-state index in [9.17, 15) is 14.4 Å². The summed E-state index contributed by atoms with van der Waals surface area (Å²) in [6.45, 7) is 6.90. The van der Waals surface area contributed by atoms with E-state index in [2.05, 4.69) is 10.6 Å². The molecule has 2 aromatic rings. The highest BCUT2D eigenvalue weighted by molar-refractivity contribution is 5.93. The molecule has 2 amide bonds. The predicted octanol–water partition coefficient (Wildman–Crippen LogP) is 4.89. The molecule has 0 aliphatic carbocycles. The topological polar surface area (TPSA) is 78.5 Å². The van der Waals surface area contributed by atoms with Crippen molar-refractivity contribution in [1.29, 1.82) is 0 Å². The van der Waals surface area contributed by atoms with Crippen molar-refractivity contribution in [3.8, 4) is 11.1 Å². The van der Waals surface area contributed by atoms with Gasteiger partial charge in [0.25, 0.3) is 0 Å². The van der Waals surface area contributed by atoms with Gasteiger partial charge in [-0.1, -0.05) is 56.3 Å². The van der Waals surface area contributed by atoms with Crippen molar-refractivity contribution in [3.05, 3.63) is 59.4 Å². The van der Waals surface area contributed by atoms with E-state index < -0.39 is 6.04 Å². The fourth-order valence-corrected chi connectivity index (χ4v) is 5.68. The van der Waals surface area contributed by atoms with Crippen molar-refractivity contribution in [1.82, 2.24) is 15.5 Å². The van der Waals surface area contributed by atoms with Crippen LogP contribution in [0.3, 0.4) is 0 Å². The molecule has 2 fully saturated rings. The van der Waals surface area contributed by atoms with Crippen LogP contribution in [-0.4, -0.2) is 47.7 Å². The van der Waals surface area contributed by atoms with Gasteiger partial charge in [-0.15, -0.1) is 0 Å². The number of Topliss-reactive ketones (excluding diaryl/α,β-unsaturated/α-hetero) is 1. The number of likely N-dealkylation sites (tertiary alicyclic amines) is 1. The van der Waals surface area contributed by atoms with Crippen LogP contribution in [0.1, 0.15) is 82.4 Å². The number of ketones is 1. The van der Waals surface area contributed by atoms with Gasteiger partial charge >= 0.3 is 0 Å². The summed E-state index contributed by atoms with van der Waals surface area (Å²) < 4.78 is 16.0. The molecule has 0 saturated carbocycles. The number of carbonyl (C=O) groups is 3. The highest BCUT2D eigenvalue weighted by atomic mass is 19.1. The van der Waals surface area contributed by atoms with Crippen LogP contribution in [0.5, 0.6) is 0 Å². The molecule has 0 aromatic heterocycles. The normalized spacial score (nSPS) is 20.3. The summed E-state index contributed by atoms with van der Waals surface area (Å²) in [5.74, 6) is -0.791. The Morgan fingerprint density at radius 2 is 1.78 bits per heavy atom. The molecule has 2 aromatic carbocycles. The van der Waals surface area contributed by atoms with Crippen LogP contribution >= 0.6 is 0 Å². The van der Waals surface area contributed by atoms with Gasteiger partial charge in [-0.3, -0.25) is 14.4 Å². The molecule has 0 bridgehead atoms. The summed E-state index contributed by atoms with van der Waals surface area (Å²) in [6.07, 6.45) is 4.11. The molecule has 198 valence electrons. The summed E-state index contributed by atoms with van der Waals surface area (Å²) in [4.78, 5) is 40.8. The smallest absolute Gasteiger partial charge is 0.237 e. The van der Waals surface area contributed by atoms with Crippen LogP contribution in [0.15, 0.2) is 42.5 Å². The molecule has 0 spiro atoms. The Balaban J connectivity index is 1.70. The average molecular weight is 508 g/mol. The first-order valence-electron chi connectivity index (χ1n) is 13.5. The Kier molecular flexibility index (Phi) is 8.75. The van der Waals surface area contributed by atoms with E-state index in [1.807, 2.05) is 49.1 Å². The fraction of sp³-hybridized carbons (Fsp3) is 0.500. The standard InChI is InChI=1S/C30H38FN3O3/c1-19(2)23-14-15-24(27(28(23)31)21-9-5-4-6-10-21)29(33-30(37)25-12-7-17-32-25)26(36)16-13-22-11-8-18-34(22)20(3)35/h4-6,9-10,14-15,19,22,25,29,32H,7-8,11-13,16-18H2,1-3H3,(H,33,37). The third-order valence-corrected chi connectivity index (χ3v) is 7.69. The molecule has 0 radical (unpaired) electrons. The summed E-state index contributed by atoms with van der Waals surface area (Å²) in [5, 5.41) is 6.16. The maximum absolute atomic E-state index is 16.0. The van der Waals surface area contributed by atoms with Crippen molar-refractivity contribution in [2.45, 2.75) is 83.3 Å². The molecule has 2 aliphatic rings. The lowest BCUT2D eigenvalue weighted by Gasteiger charge is -2.26. The second-order valence-electron chi connectivity index (χ2n) is 10.6. The highest BCUT2D eigenvalue weighted by Crippen LogP contribution is 2.36. The van der Waals surface area contributed by atoms with Crippen molar-refractivity contribution < 1.29 is 18.8 Å². The van der Waals surface area contributed by atoms with Gasteiger partial charge in [-0.2, -0.15) is 0 Å². The first kappa shape index (κ1) is 27.0. The molecule has 3 atom stereocenters. The van der Waals surface area contributed by atoms with Crippen molar-refractivity contribution in [2.75, 3.05) is 13.1 Å². The Labute approximate surface area is 219 Å². The molecule has 2 N–H and O–H groups in total. The van der Waals surface area contributed by atoms with Crippen molar-refractivity contribution in [2.24, 2.45) is 0 Å². The minimum absolute atomic E-state index is 0.0166. The molecule has 3 unspecified atom stereocenters. The number of nitrogens with zero attached hydrogens (tertiary/aromatic N) is 1. The lowest BCUT2D eigenvalue weighted by Crippen LogP contribution is -2.44. The summed E-state index contributed by atoms with van der Waals surface area (Å²) in [7, 11) is 0. The maximum atomic E-state index is 16.0. The number of nitrogens with one attached hydrogen (secondary N) is 2.